The lowest BCUT2D eigenvalue weighted by molar-refractivity contribution is 0.711. The molecule has 1 aromatic rings. The molecule has 1 aromatic heterocycles. The van der Waals surface area contributed by atoms with E-state index in [1.54, 1.807) is 17.0 Å². The summed E-state index contributed by atoms with van der Waals surface area (Å²) in [6.07, 6.45) is 6.82. The first kappa shape index (κ1) is 11.8. The van der Waals surface area contributed by atoms with Gasteiger partial charge in [0.25, 0.3) is 5.56 Å². The highest BCUT2D eigenvalue weighted by molar-refractivity contribution is 5.30. The Morgan fingerprint density at radius 2 is 2.20 bits per heavy atom. The summed E-state index contributed by atoms with van der Waals surface area (Å²) in [5, 5.41) is 3.08. The van der Waals surface area contributed by atoms with Crippen LogP contribution in [-0.4, -0.2) is 16.1 Å². The Hall–Kier alpha value is -1.32. The van der Waals surface area contributed by atoms with Gasteiger partial charge in [-0.2, -0.15) is 0 Å². The number of hydrogen-bond acceptors (Lipinski definition) is 3. The molecule has 0 bridgehead atoms. The second-order valence-corrected chi connectivity index (χ2v) is 3.50. The van der Waals surface area contributed by atoms with E-state index in [9.17, 15) is 4.79 Å². The zero-order chi connectivity index (χ0) is 11.1. The first-order valence-electron chi connectivity index (χ1n) is 5.59. The molecule has 1 N–H and O–H groups in total. The number of anilines is 1. The van der Waals surface area contributed by atoms with Crippen LogP contribution in [-0.2, 0) is 6.54 Å². The number of aryl methyl sites for hydroxylation is 1. The smallest absolute Gasteiger partial charge is 0.293 e. The maximum absolute atomic E-state index is 11.7. The van der Waals surface area contributed by atoms with E-state index in [0.29, 0.717) is 12.4 Å². The average molecular weight is 209 g/mol. The van der Waals surface area contributed by atoms with Crippen LogP contribution in [0.2, 0.25) is 0 Å². The molecule has 0 atom stereocenters. The van der Waals surface area contributed by atoms with Gasteiger partial charge in [-0.25, -0.2) is 4.98 Å². The van der Waals surface area contributed by atoms with Gasteiger partial charge >= 0.3 is 0 Å². The molecule has 0 aromatic carbocycles. The molecule has 1 heterocycles. The largest absolute Gasteiger partial charge is 0.365 e. The molecule has 0 aliphatic heterocycles. The summed E-state index contributed by atoms with van der Waals surface area (Å²) >= 11 is 0. The second-order valence-electron chi connectivity index (χ2n) is 3.50. The lowest BCUT2D eigenvalue weighted by atomic mass is 10.2. The number of hydrogen-bond donors (Lipinski definition) is 1. The van der Waals surface area contributed by atoms with Crippen LogP contribution in [0.25, 0.3) is 0 Å². The maximum Gasteiger partial charge on any atom is 0.293 e. The number of unbranched alkanes of at least 4 members (excludes halogenated alkanes) is 2. The summed E-state index contributed by atoms with van der Waals surface area (Å²) in [6.45, 7) is 5.61. The van der Waals surface area contributed by atoms with Crippen LogP contribution in [0.1, 0.15) is 33.1 Å². The predicted molar refractivity (Wildman–Crippen MR) is 62.2 cm³/mol. The fourth-order valence-electron chi connectivity index (χ4n) is 1.40. The molecule has 0 amide bonds. The Balaban J connectivity index is 2.57. The molecule has 15 heavy (non-hydrogen) atoms. The molecule has 1 rings (SSSR count). The van der Waals surface area contributed by atoms with Crippen LogP contribution in [0, 0.1) is 0 Å². The average Bonchev–Trinajstić information content (AvgIpc) is 2.26. The summed E-state index contributed by atoms with van der Waals surface area (Å²) in [6, 6.07) is 0. The molecule has 0 unspecified atom stereocenters. The summed E-state index contributed by atoms with van der Waals surface area (Å²) in [7, 11) is 0. The lowest BCUT2D eigenvalue weighted by Gasteiger charge is -2.06. The number of aromatic nitrogens is 2. The third kappa shape index (κ3) is 3.38. The molecular weight excluding hydrogens is 190 g/mol. The van der Waals surface area contributed by atoms with Crippen molar-refractivity contribution in [3.8, 4) is 0 Å². The number of nitrogens with one attached hydrogen (secondary N) is 1. The van der Waals surface area contributed by atoms with Crippen molar-refractivity contribution in [3.63, 3.8) is 0 Å². The molecule has 0 spiro atoms. The van der Waals surface area contributed by atoms with E-state index in [2.05, 4.69) is 17.2 Å². The van der Waals surface area contributed by atoms with Gasteiger partial charge in [0.1, 0.15) is 0 Å². The maximum atomic E-state index is 11.7. The summed E-state index contributed by atoms with van der Waals surface area (Å²) in [4.78, 5) is 15.7. The van der Waals surface area contributed by atoms with E-state index in [1.807, 2.05) is 6.92 Å². The molecule has 0 saturated heterocycles. The van der Waals surface area contributed by atoms with Crippen molar-refractivity contribution in [1.82, 2.24) is 9.55 Å². The quantitative estimate of drug-likeness (QED) is 0.727. The minimum absolute atomic E-state index is 0.0310. The minimum Gasteiger partial charge on any atom is -0.365 e. The molecule has 4 heteroatoms. The predicted octanol–water partition coefficient (Wildman–Crippen LogP) is 1.87. The lowest BCUT2D eigenvalue weighted by Crippen LogP contribution is -2.24. The Morgan fingerprint density at radius 3 is 2.87 bits per heavy atom. The van der Waals surface area contributed by atoms with Crippen LogP contribution in [0.4, 0.5) is 5.82 Å². The highest BCUT2D eigenvalue weighted by atomic mass is 16.1. The van der Waals surface area contributed by atoms with E-state index >= 15 is 0 Å². The third-order valence-electron chi connectivity index (χ3n) is 2.33. The fraction of sp³-hybridized carbons (Fsp3) is 0.636. The Bertz CT molecular complexity index is 346. The van der Waals surface area contributed by atoms with E-state index < -0.39 is 0 Å². The van der Waals surface area contributed by atoms with E-state index in [-0.39, 0.29) is 5.56 Å². The molecule has 0 fully saturated rings. The monoisotopic (exact) mass is 209 g/mol. The van der Waals surface area contributed by atoms with Crippen LogP contribution in [0.15, 0.2) is 17.2 Å². The third-order valence-corrected chi connectivity index (χ3v) is 2.33. The Labute approximate surface area is 90.3 Å². The van der Waals surface area contributed by atoms with Gasteiger partial charge in [-0.3, -0.25) is 4.79 Å². The van der Waals surface area contributed by atoms with Gasteiger partial charge in [-0.15, -0.1) is 0 Å². The normalized spacial score (nSPS) is 10.3. The van der Waals surface area contributed by atoms with Crippen molar-refractivity contribution in [1.29, 1.82) is 0 Å². The van der Waals surface area contributed by atoms with Gasteiger partial charge in [0.05, 0.1) is 0 Å². The topological polar surface area (TPSA) is 46.9 Å². The standard InChI is InChI=1S/C11H19N3O/c1-3-5-6-7-12-10-11(15)14(4-2)9-8-13-10/h8-9H,3-7H2,1-2H3,(H,12,13). The van der Waals surface area contributed by atoms with Crippen molar-refractivity contribution in [2.45, 2.75) is 39.7 Å². The van der Waals surface area contributed by atoms with Gasteiger partial charge in [0.2, 0.25) is 0 Å². The molecule has 4 nitrogen and oxygen atoms in total. The van der Waals surface area contributed by atoms with Gasteiger partial charge < -0.3 is 9.88 Å². The van der Waals surface area contributed by atoms with E-state index in [4.69, 9.17) is 0 Å². The van der Waals surface area contributed by atoms with Gasteiger partial charge in [-0.05, 0) is 13.3 Å². The van der Waals surface area contributed by atoms with Gasteiger partial charge in [-0.1, -0.05) is 19.8 Å². The first-order valence-corrected chi connectivity index (χ1v) is 5.59. The van der Waals surface area contributed by atoms with Gasteiger partial charge in [0, 0.05) is 25.5 Å². The highest BCUT2D eigenvalue weighted by Gasteiger charge is 2.01. The summed E-state index contributed by atoms with van der Waals surface area (Å²) in [5.41, 5.74) is -0.0310. The van der Waals surface area contributed by atoms with Crippen molar-refractivity contribution in [2.75, 3.05) is 11.9 Å². The summed E-state index contributed by atoms with van der Waals surface area (Å²) in [5.74, 6) is 0.468. The second kappa shape index (κ2) is 6.22. The fourth-order valence-corrected chi connectivity index (χ4v) is 1.40. The number of nitrogens with zero attached hydrogens (tertiary/aromatic N) is 2. The van der Waals surface area contributed by atoms with Crippen LogP contribution >= 0.6 is 0 Å². The van der Waals surface area contributed by atoms with Crippen molar-refractivity contribution < 1.29 is 0 Å². The Morgan fingerprint density at radius 1 is 1.40 bits per heavy atom. The highest BCUT2D eigenvalue weighted by Crippen LogP contribution is 1.97. The minimum atomic E-state index is -0.0310. The summed E-state index contributed by atoms with van der Waals surface area (Å²) < 4.78 is 1.65. The van der Waals surface area contributed by atoms with E-state index in [0.717, 1.165) is 13.0 Å². The Kier molecular flexibility index (Phi) is 4.87. The van der Waals surface area contributed by atoms with Crippen molar-refractivity contribution in [3.05, 3.63) is 22.7 Å². The van der Waals surface area contributed by atoms with Gasteiger partial charge in [0.15, 0.2) is 5.82 Å². The van der Waals surface area contributed by atoms with E-state index in [1.165, 1.54) is 12.8 Å². The zero-order valence-electron chi connectivity index (χ0n) is 9.49. The molecular formula is C11H19N3O. The molecule has 0 aliphatic rings. The SMILES string of the molecule is CCCCCNc1nccn(CC)c1=O. The van der Waals surface area contributed by atoms with Crippen molar-refractivity contribution >= 4 is 5.82 Å². The molecule has 0 saturated carbocycles. The van der Waals surface area contributed by atoms with Crippen molar-refractivity contribution in [2.24, 2.45) is 0 Å². The van der Waals surface area contributed by atoms with Crippen LogP contribution in [0.3, 0.4) is 0 Å². The first-order chi connectivity index (χ1) is 7.29. The molecule has 84 valence electrons. The van der Waals surface area contributed by atoms with Crippen LogP contribution < -0.4 is 10.9 Å². The van der Waals surface area contributed by atoms with Crippen LogP contribution in [0.5, 0.6) is 0 Å². The zero-order valence-corrected chi connectivity index (χ0v) is 9.49. The molecule has 0 aliphatic carbocycles. The number of rotatable bonds is 6. The molecule has 0 radical (unpaired) electrons.